The molecule has 4 nitrogen and oxygen atoms in total. The van der Waals surface area contributed by atoms with E-state index in [1.807, 2.05) is 43.3 Å². The number of benzene rings is 1. The Balaban J connectivity index is 1.78. The minimum atomic E-state index is -0.106. The number of carbonyl (C=O) groups excluding carboxylic acids is 1. The number of carbonyl (C=O) groups is 1. The Hall–Kier alpha value is -2.14. The SMILES string of the molecule is Cc1c(C(=O)N(C)CCc2ccccn2)oc2ccc(Br)cc12. The largest absolute Gasteiger partial charge is 0.451 e. The number of furan rings is 1. The summed E-state index contributed by atoms with van der Waals surface area (Å²) in [5.41, 5.74) is 2.57. The first-order valence-corrected chi connectivity index (χ1v) is 8.19. The van der Waals surface area contributed by atoms with Crippen molar-refractivity contribution in [3.05, 3.63) is 64.1 Å². The molecular weight excluding hydrogens is 356 g/mol. The molecule has 0 bridgehead atoms. The lowest BCUT2D eigenvalue weighted by molar-refractivity contribution is 0.0766. The highest BCUT2D eigenvalue weighted by Crippen LogP contribution is 2.28. The van der Waals surface area contributed by atoms with Crippen molar-refractivity contribution in [2.45, 2.75) is 13.3 Å². The van der Waals surface area contributed by atoms with E-state index < -0.39 is 0 Å². The molecule has 1 amide bonds. The van der Waals surface area contributed by atoms with Crippen LogP contribution in [0.2, 0.25) is 0 Å². The number of hydrogen-bond donors (Lipinski definition) is 0. The van der Waals surface area contributed by atoms with Crippen molar-refractivity contribution in [1.82, 2.24) is 9.88 Å². The van der Waals surface area contributed by atoms with Gasteiger partial charge in [0.25, 0.3) is 5.91 Å². The lowest BCUT2D eigenvalue weighted by Crippen LogP contribution is -2.29. The Bertz CT molecular complexity index is 843. The molecule has 5 heteroatoms. The molecule has 0 fully saturated rings. The van der Waals surface area contributed by atoms with E-state index in [1.54, 1.807) is 18.1 Å². The average Bonchev–Trinajstić information content (AvgIpc) is 2.89. The smallest absolute Gasteiger partial charge is 0.289 e. The summed E-state index contributed by atoms with van der Waals surface area (Å²) in [6.07, 6.45) is 2.48. The zero-order valence-electron chi connectivity index (χ0n) is 13.0. The second-order valence-corrected chi connectivity index (χ2v) is 6.41. The van der Waals surface area contributed by atoms with E-state index in [4.69, 9.17) is 4.42 Å². The molecule has 1 aromatic carbocycles. The molecule has 118 valence electrons. The highest BCUT2D eigenvalue weighted by Gasteiger charge is 2.21. The molecule has 0 N–H and O–H groups in total. The zero-order valence-corrected chi connectivity index (χ0v) is 14.6. The molecule has 23 heavy (non-hydrogen) atoms. The maximum Gasteiger partial charge on any atom is 0.289 e. The van der Waals surface area contributed by atoms with Gasteiger partial charge in [0.05, 0.1) is 0 Å². The first kappa shape index (κ1) is 15.7. The highest BCUT2D eigenvalue weighted by atomic mass is 79.9. The van der Waals surface area contributed by atoms with Gasteiger partial charge in [0, 0.05) is 47.3 Å². The van der Waals surface area contributed by atoms with Crippen LogP contribution in [0.3, 0.4) is 0 Å². The number of nitrogens with zero attached hydrogens (tertiary/aromatic N) is 2. The maximum atomic E-state index is 12.6. The standard InChI is InChI=1S/C18H17BrN2O2/c1-12-15-11-13(19)6-7-16(15)23-17(12)18(22)21(2)10-8-14-5-3-4-9-20-14/h3-7,9,11H,8,10H2,1-2H3. The summed E-state index contributed by atoms with van der Waals surface area (Å²) in [5, 5.41) is 0.959. The van der Waals surface area contributed by atoms with Crippen molar-refractivity contribution in [1.29, 1.82) is 0 Å². The summed E-state index contributed by atoms with van der Waals surface area (Å²) < 4.78 is 6.73. The zero-order chi connectivity index (χ0) is 16.4. The number of hydrogen-bond acceptors (Lipinski definition) is 3. The Morgan fingerprint density at radius 1 is 1.30 bits per heavy atom. The molecule has 0 spiro atoms. The normalized spacial score (nSPS) is 10.9. The number of halogens is 1. The third-order valence-corrected chi connectivity index (χ3v) is 4.36. The van der Waals surface area contributed by atoms with Crippen LogP contribution in [0.25, 0.3) is 11.0 Å². The second kappa shape index (κ2) is 6.54. The molecule has 0 aliphatic heterocycles. The maximum absolute atomic E-state index is 12.6. The van der Waals surface area contributed by atoms with Gasteiger partial charge in [-0.1, -0.05) is 22.0 Å². The van der Waals surface area contributed by atoms with Crippen molar-refractivity contribution in [3.63, 3.8) is 0 Å². The number of likely N-dealkylation sites (N-methyl/N-ethyl adjacent to an activating group) is 1. The molecule has 3 rings (SSSR count). The second-order valence-electron chi connectivity index (χ2n) is 5.49. The van der Waals surface area contributed by atoms with Crippen LogP contribution in [-0.4, -0.2) is 29.4 Å². The number of fused-ring (bicyclic) bond motifs is 1. The average molecular weight is 373 g/mol. The predicted octanol–water partition coefficient (Wildman–Crippen LogP) is 4.21. The molecule has 3 aromatic rings. The summed E-state index contributed by atoms with van der Waals surface area (Å²) in [5.74, 6) is 0.298. The van der Waals surface area contributed by atoms with Gasteiger partial charge in [0.15, 0.2) is 5.76 Å². The van der Waals surface area contributed by atoms with Gasteiger partial charge in [-0.05, 0) is 37.3 Å². The van der Waals surface area contributed by atoms with Crippen LogP contribution < -0.4 is 0 Å². The summed E-state index contributed by atoms with van der Waals surface area (Å²) in [6.45, 7) is 2.51. The van der Waals surface area contributed by atoms with Crippen LogP contribution in [0.5, 0.6) is 0 Å². The van der Waals surface area contributed by atoms with E-state index >= 15 is 0 Å². The van der Waals surface area contributed by atoms with Crippen LogP contribution in [0.4, 0.5) is 0 Å². The van der Waals surface area contributed by atoms with E-state index in [9.17, 15) is 4.79 Å². The van der Waals surface area contributed by atoms with Gasteiger partial charge < -0.3 is 9.32 Å². The third kappa shape index (κ3) is 3.29. The van der Waals surface area contributed by atoms with Gasteiger partial charge in [-0.2, -0.15) is 0 Å². The van der Waals surface area contributed by atoms with E-state index in [-0.39, 0.29) is 5.91 Å². The summed E-state index contributed by atoms with van der Waals surface area (Å²) in [6, 6.07) is 11.5. The molecule has 0 radical (unpaired) electrons. The first-order chi connectivity index (χ1) is 11.1. The minimum absolute atomic E-state index is 0.106. The van der Waals surface area contributed by atoms with Crippen LogP contribution in [0.15, 0.2) is 51.5 Å². The molecule has 0 atom stereocenters. The quantitative estimate of drug-likeness (QED) is 0.688. The monoisotopic (exact) mass is 372 g/mol. The van der Waals surface area contributed by atoms with Crippen LogP contribution in [0, 0.1) is 6.92 Å². The molecule has 0 saturated heterocycles. The minimum Gasteiger partial charge on any atom is -0.451 e. The summed E-state index contributed by atoms with van der Waals surface area (Å²) in [7, 11) is 1.79. The Labute approximate surface area is 143 Å². The van der Waals surface area contributed by atoms with E-state index in [0.717, 1.165) is 26.7 Å². The molecule has 0 unspecified atom stereocenters. The molecule has 0 aliphatic rings. The fourth-order valence-electron chi connectivity index (χ4n) is 2.50. The van der Waals surface area contributed by atoms with E-state index in [0.29, 0.717) is 18.7 Å². The van der Waals surface area contributed by atoms with Crippen molar-refractivity contribution < 1.29 is 9.21 Å². The van der Waals surface area contributed by atoms with Crippen molar-refractivity contribution in [3.8, 4) is 0 Å². The van der Waals surface area contributed by atoms with Crippen LogP contribution >= 0.6 is 15.9 Å². The predicted molar refractivity (Wildman–Crippen MR) is 93.6 cm³/mol. The van der Waals surface area contributed by atoms with Gasteiger partial charge in [0.2, 0.25) is 0 Å². The third-order valence-electron chi connectivity index (χ3n) is 3.87. The molecule has 2 aromatic heterocycles. The van der Waals surface area contributed by atoms with Crippen molar-refractivity contribution >= 4 is 32.8 Å². The van der Waals surface area contributed by atoms with Crippen molar-refractivity contribution in [2.75, 3.05) is 13.6 Å². The first-order valence-electron chi connectivity index (χ1n) is 7.40. The van der Waals surface area contributed by atoms with Gasteiger partial charge in [0.1, 0.15) is 5.58 Å². The number of rotatable bonds is 4. The van der Waals surface area contributed by atoms with Gasteiger partial charge in [-0.25, -0.2) is 0 Å². The van der Waals surface area contributed by atoms with Crippen LogP contribution in [-0.2, 0) is 6.42 Å². The molecule has 2 heterocycles. The lowest BCUT2D eigenvalue weighted by Gasteiger charge is -2.15. The van der Waals surface area contributed by atoms with Gasteiger partial charge in [-0.15, -0.1) is 0 Å². The number of aromatic nitrogens is 1. The fourth-order valence-corrected chi connectivity index (χ4v) is 2.86. The van der Waals surface area contributed by atoms with Gasteiger partial charge >= 0.3 is 0 Å². The number of aryl methyl sites for hydroxylation is 1. The number of pyridine rings is 1. The number of amides is 1. The highest BCUT2D eigenvalue weighted by molar-refractivity contribution is 9.10. The summed E-state index contributed by atoms with van der Waals surface area (Å²) in [4.78, 5) is 18.6. The van der Waals surface area contributed by atoms with Crippen LogP contribution in [0.1, 0.15) is 21.8 Å². The van der Waals surface area contributed by atoms with E-state index in [1.165, 1.54) is 0 Å². The summed E-state index contributed by atoms with van der Waals surface area (Å²) >= 11 is 3.45. The molecule has 0 saturated carbocycles. The van der Waals surface area contributed by atoms with E-state index in [2.05, 4.69) is 20.9 Å². The Kier molecular flexibility index (Phi) is 4.48. The molecular formula is C18H17BrN2O2. The Morgan fingerprint density at radius 3 is 2.87 bits per heavy atom. The van der Waals surface area contributed by atoms with Crippen molar-refractivity contribution in [2.24, 2.45) is 0 Å². The molecule has 0 aliphatic carbocycles. The topological polar surface area (TPSA) is 46.3 Å². The van der Waals surface area contributed by atoms with Gasteiger partial charge in [-0.3, -0.25) is 9.78 Å². The Morgan fingerprint density at radius 2 is 2.13 bits per heavy atom. The lowest BCUT2D eigenvalue weighted by atomic mass is 10.1. The fraction of sp³-hybridized carbons (Fsp3) is 0.222.